The molecule has 0 radical (unpaired) electrons. The molecule has 0 saturated carbocycles. The number of carbonyl (C=O) groups excluding carboxylic acids is 1. The van der Waals surface area contributed by atoms with Gasteiger partial charge in [0.1, 0.15) is 6.04 Å². The minimum absolute atomic E-state index is 0.0520. The zero-order chi connectivity index (χ0) is 13.5. The van der Waals surface area contributed by atoms with Gasteiger partial charge in [-0.15, -0.1) is 0 Å². The standard InChI is InChI=1S/C15H12N2O3/c18-15-14(10-3-1-2-4-11(10)17-15)16-9-5-6-12-13(7-9)20-8-19-12/h1-7,14,16H,8H2,(H,17,18). The molecule has 2 aliphatic rings. The van der Waals surface area contributed by atoms with Crippen molar-refractivity contribution in [2.75, 3.05) is 17.4 Å². The van der Waals surface area contributed by atoms with Crippen molar-refractivity contribution < 1.29 is 14.3 Å². The molecular weight excluding hydrogens is 256 g/mol. The number of benzene rings is 2. The topological polar surface area (TPSA) is 59.6 Å². The quantitative estimate of drug-likeness (QED) is 0.878. The van der Waals surface area contributed by atoms with Crippen LogP contribution in [0.5, 0.6) is 11.5 Å². The van der Waals surface area contributed by atoms with E-state index < -0.39 is 0 Å². The lowest BCUT2D eigenvalue weighted by Crippen LogP contribution is -2.19. The van der Waals surface area contributed by atoms with Gasteiger partial charge in [-0.1, -0.05) is 18.2 Å². The highest BCUT2D eigenvalue weighted by atomic mass is 16.7. The number of amides is 1. The average Bonchev–Trinajstić information content (AvgIpc) is 3.04. The van der Waals surface area contributed by atoms with Crippen LogP contribution in [0.15, 0.2) is 42.5 Å². The van der Waals surface area contributed by atoms with Crippen molar-refractivity contribution in [3.8, 4) is 11.5 Å². The first kappa shape index (κ1) is 11.2. The molecule has 2 aliphatic heterocycles. The van der Waals surface area contributed by atoms with Crippen LogP contribution in [0, 0.1) is 0 Å². The van der Waals surface area contributed by atoms with E-state index in [9.17, 15) is 4.79 Å². The van der Waals surface area contributed by atoms with E-state index in [0.29, 0.717) is 5.75 Å². The first-order chi connectivity index (χ1) is 9.81. The molecule has 100 valence electrons. The molecule has 4 rings (SSSR count). The molecule has 0 fully saturated rings. The third-order valence-electron chi connectivity index (χ3n) is 3.48. The van der Waals surface area contributed by atoms with Crippen molar-refractivity contribution in [3.05, 3.63) is 48.0 Å². The van der Waals surface area contributed by atoms with Crippen LogP contribution >= 0.6 is 0 Å². The Balaban J connectivity index is 1.65. The van der Waals surface area contributed by atoms with Gasteiger partial charge < -0.3 is 20.1 Å². The van der Waals surface area contributed by atoms with Crippen LogP contribution in [0.25, 0.3) is 0 Å². The maximum absolute atomic E-state index is 12.0. The second kappa shape index (κ2) is 4.16. The third-order valence-corrected chi connectivity index (χ3v) is 3.48. The summed E-state index contributed by atoms with van der Waals surface area (Å²) in [7, 11) is 0. The van der Waals surface area contributed by atoms with E-state index in [2.05, 4.69) is 10.6 Å². The minimum Gasteiger partial charge on any atom is -0.454 e. The van der Waals surface area contributed by atoms with Crippen LogP contribution in [0.1, 0.15) is 11.6 Å². The number of rotatable bonds is 2. The van der Waals surface area contributed by atoms with Crippen molar-refractivity contribution in [2.24, 2.45) is 0 Å². The largest absolute Gasteiger partial charge is 0.454 e. The number of anilines is 2. The van der Waals surface area contributed by atoms with Crippen LogP contribution in [0.4, 0.5) is 11.4 Å². The molecule has 2 aromatic rings. The summed E-state index contributed by atoms with van der Waals surface area (Å²) in [6.07, 6.45) is 0. The van der Waals surface area contributed by atoms with Crippen LogP contribution in [0.2, 0.25) is 0 Å². The fraction of sp³-hybridized carbons (Fsp3) is 0.133. The summed E-state index contributed by atoms with van der Waals surface area (Å²) >= 11 is 0. The Morgan fingerprint density at radius 2 is 1.95 bits per heavy atom. The summed E-state index contributed by atoms with van der Waals surface area (Å²) in [5.74, 6) is 1.37. The second-order valence-electron chi connectivity index (χ2n) is 4.72. The molecule has 1 atom stereocenters. The lowest BCUT2D eigenvalue weighted by molar-refractivity contribution is -0.116. The number of carbonyl (C=O) groups is 1. The molecule has 20 heavy (non-hydrogen) atoms. The molecule has 2 aromatic carbocycles. The maximum atomic E-state index is 12.0. The van der Waals surface area contributed by atoms with E-state index in [1.54, 1.807) is 0 Å². The normalized spacial score (nSPS) is 18.6. The van der Waals surface area contributed by atoms with Gasteiger partial charge in [-0.25, -0.2) is 0 Å². The van der Waals surface area contributed by atoms with Gasteiger partial charge in [0.05, 0.1) is 0 Å². The lowest BCUT2D eigenvalue weighted by Gasteiger charge is -2.13. The Kier molecular flexibility index (Phi) is 2.32. The van der Waals surface area contributed by atoms with Gasteiger partial charge in [0, 0.05) is 23.0 Å². The average molecular weight is 268 g/mol. The first-order valence-electron chi connectivity index (χ1n) is 6.37. The smallest absolute Gasteiger partial charge is 0.251 e. The van der Waals surface area contributed by atoms with Crippen molar-refractivity contribution in [1.29, 1.82) is 0 Å². The van der Waals surface area contributed by atoms with Gasteiger partial charge >= 0.3 is 0 Å². The Labute approximate surface area is 115 Å². The van der Waals surface area contributed by atoms with Gasteiger partial charge in [-0.2, -0.15) is 0 Å². The molecule has 0 spiro atoms. The molecule has 5 heteroatoms. The Morgan fingerprint density at radius 1 is 1.10 bits per heavy atom. The zero-order valence-corrected chi connectivity index (χ0v) is 10.6. The van der Waals surface area contributed by atoms with Crippen molar-refractivity contribution >= 4 is 17.3 Å². The van der Waals surface area contributed by atoms with Crippen molar-refractivity contribution in [1.82, 2.24) is 0 Å². The molecule has 0 saturated heterocycles. The van der Waals surface area contributed by atoms with Crippen LogP contribution in [0.3, 0.4) is 0 Å². The van der Waals surface area contributed by atoms with Crippen LogP contribution in [-0.2, 0) is 4.79 Å². The number of nitrogens with one attached hydrogen (secondary N) is 2. The molecule has 0 aliphatic carbocycles. The molecular formula is C15H12N2O3. The monoisotopic (exact) mass is 268 g/mol. The SMILES string of the molecule is O=C1Nc2ccccc2C1Nc1ccc2c(c1)OCO2. The maximum Gasteiger partial charge on any atom is 0.251 e. The number of fused-ring (bicyclic) bond motifs is 2. The summed E-state index contributed by atoms with van der Waals surface area (Å²) in [5.41, 5.74) is 2.64. The van der Waals surface area contributed by atoms with Gasteiger partial charge in [0.15, 0.2) is 11.5 Å². The fourth-order valence-electron chi connectivity index (χ4n) is 2.50. The number of para-hydroxylation sites is 1. The highest BCUT2D eigenvalue weighted by molar-refractivity contribution is 6.04. The Morgan fingerprint density at radius 3 is 2.90 bits per heavy atom. The van der Waals surface area contributed by atoms with Gasteiger partial charge in [0.2, 0.25) is 6.79 Å². The van der Waals surface area contributed by atoms with E-state index in [1.807, 2.05) is 42.5 Å². The van der Waals surface area contributed by atoms with Crippen LogP contribution in [-0.4, -0.2) is 12.7 Å². The van der Waals surface area contributed by atoms with E-state index in [1.165, 1.54) is 0 Å². The number of hydrogen-bond acceptors (Lipinski definition) is 4. The molecule has 5 nitrogen and oxygen atoms in total. The van der Waals surface area contributed by atoms with Gasteiger partial charge in [0.25, 0.3) is 5.91 Å². The summed E-state index contributed by atoms with van der Waals surface area (Å²) in [6.45, 7) is 0.242. The first-order valence-corrected chi connectivity index (χ1v) is 6.37. The number of ether oxygens (including phenoxy) is 2. The summed E-state index contributed by atoms with van der Waals surface area (Å²) in [5, 5.41) is 6.09. The molecule has 0 aromatic heterocycles. The predicted molar refractivity (Wildman–Crippen MR) is 74.0 cm³/mol. The third kappa shape index (κ3) is 1.67. The molecule has 2 N–H and O–H groups in total. The fourth-order valence-corrected chi connectivity index (χ4v) is 2.50. The van der Waals surface area contributed by atoms with Crippen LogP contribution < -0.4 is 20.1 Å². The highest BCUT2D eigenvalue weighted by Crippen LogP contribution is 2.37. The van der Waals surface area contributed by atoms with Gasteiger partial charge in [-0.05, 0) is 18.2 Å². The van der Waals surface area contributed by atoms with E-state index in [4.69, 9.17) is 9.47 Å². The summed E-state index contributed by atoms with van der Waals surface area (Å²) in [6, 6.07) is 12.8. The molecule has 0 bridgehead atoms. The summed E-state index contributed by atoms with van der Waals surface area (Å²) in [4.78, 5) is 12.0. The van der Waals surface area contributed by atoms with Crippen molar-refractivity contribution in [2.45, 2.75) is 6.04 Å². The van der Waals surface area contributed by atoms with E-state index >= 15 is 0 Å². The molecule has 1 unspecified atom stereocenters. The zero-order valence-electron chi connectivity index (χ0n) is 10.6. The Bertz CT molecular complexity index is 699. The Hall–Kier alpha value is -2.69. The predicted octanol–water partition coefficient (Wildman–Crippen LogP) is 2.52. The van der Waals surface area contributed by atoms with Crippen molar-refractivity contribution in [3.63, 3.8) is 0 Å². The van der Waals surface area contributed by atoms with Gasteiger partial charge in [-0.3, -0.25) is 4.79 Å². The molecule has 1 amide bonds. The number of hydrogen-bond donors (Lipinski definition) is 2. The van der Waals surface area contributed by atoms with E-state index in [0.717, 1.165) is 22.7 Å². The summed E-state index contributed by atoms with van der Waals surface area (Å²) < 4.78 is 10.6. The molecule has 2 heterocycles. The minimum atomic E-state index is -0.383. The van der Waals surface area contributed by atoms with E-state index in [-0.39, 0.29) is 18.7 Å². The lowest BCUT2D eigenvalue weighted by atomic mass is 10.1. The second-order valence-corrected chi connectivity index (χ2v) is 4.72. The highest BCUT2D eigenvalue weighted by Gasteiger charge is 2.30.